The number of hydrogen-bond donors (Lipinski definition) is 1. The first-order valence-corrected chi connectivity index (χ1v) is 6.77. The van der Waals surface area contributed by atoms with Gasteiger partial charge in [-0.2, -0.15) is 0 Å². The van der Waals surface area contributed by atoms with Gasteiger partial charge < -0.3 is 5.32 Å². The van der Waals surface area contributed by atoms with E-state index in [0.717, 1.165) is 5.82 Å². The van der Waals surface area contributed by atoms with Crippen LogP contribution in [-0.4, -0.2) is 4.98 Å². The van der Waals surface area contributed by atoms with E-state index in [9.17, 15) is 0 Å². The molecular weight excluding hydrogens is 228 g/mol. The van der Waals surface area contributed by atoms with Gasteiger partial charge in [-0.1, -0.05) is 19.9 Å². The standard InChI is InChI=1S/C14H18N2S/c1-10(2)14(12-5-4-8-17-12)16-13-9-11(3)6-7-15-13/h4-10,14H,1-3H3,(H,15,16). The Hall–Kier alpha value is -1.35. The van der Waals surface area contributed by atoms with Gasteiger partial charge in [-0.05, 0) is 42.0 Å². The van der Waals surface area contributed by atoms with Gasteiger partial charge in [-0.25, -0.2) is 4.98 Å². The molecule has 0 amide bonds. The molecule has 1 unspecified atom stereocenters. The molecule has 2 rings (SSSR count). The SMILES string of the molecule is Cc1ccnc(NC(c2cccs2)C(C)C)c1. The van der Waals surface area contributed by atoms with Gasteiger partial charge in [0.25, 0.3) is 0 Å². The number of nitrogens with zero attached hydrogens (tertiary/aromatic N) is 1. The zero-order valence-electron chi connectivity index (χ0n) is 10.5. The molecule has 3 heteroatoms. The van der Waals surface area contributed by atoms with Crippen molar-refractivity contribution in [3.05, 3.63) is 46.3 Å². The highest BCUT2D eigenvalue weighted by Crippen LogP contribution is 2.29. The zero-order chi connectivity index (χ0) is 12.3. The average Bonchev–Trinajstić information content (AvgIpc) is 2.78. The highest BCUT2D eigenvalue weighted by Gasteiger charge is 2.16. The van der Waals surface area contributed by atoms with Crippen LogP contribution in [0, 0.1) is 12.8 Å². The summed E-state index contributed by atoms with van der Waals surface area (Å²) < 4.78 is 0. The van der Waals surface area contributed by atoms with Crippen molar-refractivity contribution in [3.8, 4) is 0 Å². The van der Waals surface area contributed by atoms with E-state index in [1.54, 1.807) is 11.3 Å². The highest BCUT2D eigenvalue weighted by atomic mass is 32.1. The maximum Gasteiger partial charge on any atom is 0.126 e. The van der Waals surface area contributed by atoms with E-state index in [1.807, 2.05) is 12.3 Å². The number of thiophene rings is 1. The summed E-state index contributed by atoms with van der Waals surface area (Å²) in [6.07, 6.45) is 1.85. The van der Waals surface area contributed by atoms with Crippen molar-refractivity contribution in [2.75, 3.05) is 5.32 Å². The van der Waals surface area contributed by atoms with Crippen molar-refractivity contribution in [3.63, 3.8) is 0 Å². The minimum Gasteiger partial charge on any atom is -0.362 e. The fraction of sp³-hybridized carbons (Fsp3) is 0.357. The van der Waals surface area contributed by atoms with Crippen LogP contribution in [0.2, 0.25) is 0 Å². The van der Waals surface area contributed by atoms with Crippen molar-refractivity contribution in [1.82, 2.24) is 4.98 Å². The monoisotopic (exact) mass is 246 g/mol. The molecule has 90 valence electrons. The molecule has 2 aromatic heterocycles. The number of rotatable bonds is 4. The van der Waals surface area contributed by atoms with E-state index < -0.39 is 0 Å². The molecule has 17 heavy (non-hydrogen) atoms. The largest absolute Gasteiger partial charge is 0.362 e. The third-order valence-corrected chi connectivity index (χ3v) is 3.69. The lowest BCUT2D eigenvalue weighted by Gasteiger charge is -2.21. The Balaban J connectivity index is 2.19. The van der Waals surface area contributed by atoms with Crippen molar-refractivity contribution < 1.29 is 0 Å². The van der Waals surface area contributed by atoms with Crippen LogP contribution in [0.3, 0.4) is 0 Å². The maximum atomic E-state index is 4.37. The molecule has 0 aromatic carbocycles. The van der Waals surface area contributed by atoms with Gasteiger partial charge in [0.1, 0.15) is 5.82 Å². The molecule has 0 radical (unpaired) electrons. The Bertz CT molecular complexity index is 463. The fourth-order valence-electron chi connectivity index (χ4n) is 1.81. The minimum atomic E-state index is 0.337. The normalized spacial score (nSPS) is 12.7. The van der Waals surface area contributed by atoms with Crippen LogP contribution in [-0.2, 0) is 0 Å². The maximum absolute atomic E-state index is 4.37. The lowest BCUT2D eigenvalue weighted by atomic mass is 10.0. The van der Waals surface area contributed by atoms with Crippen LogP contribution in [0.4, 0.5) is 5.82 Å². The molecule has 0 saturated carbocycles. The van der Waals surface area contributed by atoms with Crippen LogP contribution in [0.1, 0.15) is 30.3 Å². The second-order valence-electron chi connectivity index (χ2n) is 4.60. The van der Waals surface area contributed by atoms with Crippen LogP contribution in [0.5, 0.6) is 0 Å². The zero-order valence-corrected chi connectivity index (χ0v) is 11.3. The smallest absolute Gasteiger partial charge is 0.126 e. The number of aromatic nitrogens is 1. The first-order valence-electron chi connectivity index (χ1n) is 5.89. The van der Waals surface area contributed by atoms with Gasteiger partial charge in [0.2, 0.25) is 0 Å². The Morgan fingerprint density at radius 2 is 2.12 bits per heavy atom. The molecule has 0 saturated heterocycles. The van der Waals surface area contributed by atoms with Gasteiger partial charge in [0.05, 0.1) is 6.04 Å². The second-order valence-corrected chi connectivity index (χ2v) is 5.58. The molecule has 0 aliphatic carbocycles. The van der Waals surface area contributed by atoms with Crippen LogP contribution in [0.15, 0.2) is 35.8 Å². The van der Waals surface area contributed by atoms with Crippen molar-refractivity contribution in [2.45, 2.75) is 26.8 Å². The lowest BCUT2D eigenvalue weighted by molar-refractivity contribution is 0.552. The molecule has 0 aliphatic heterocycles. The van der Waals surface area contributed by atoms with E-state index in [4.69, 9.17) is 0 Å². The van der Waals surface area contributed by atoms with Gasteiger partial charge >= 0.3 is 0 Å². The van der Waals surface area contributed by atoms with Crippen molar-refractivity contribution in [2.24, 2.45) is 5.92 Å². The summed E-state index contributed by atoms with van der Waals surface area (Å²) in [6, 6.07) is 8.71. The molecule has 1 N–H and O–H groups in total. The first kappa shape index (κ1) is 12.1. The summed E-state index contributed by atoms with van der Waals surface area (Å²) in [5, 5.41) is 5.64. The molecule has 1 atom stereocenters. The molecule has 0 spiro atoms. The van der Waals surface area contributed by atoms with E-state index in [1.165, 1.54) is 10.4 Å². The Labute approximate surface area is 107 Å². The third-order valence-electron chi connectivity index (χ3n) is 2.74. The first-order chi connectivity index (χ1) is 8.16. The van der Waals surface area contributed by atoms with Crippen molar-refractivity contribution >= 4 is 17.2 Å². The number of anilines is 1. The van der Waals surface area contributed by atoms with Crippen LogP contribution >= 0.6 is 11.3 Å². The van der Waals surface area contributed by atoms with E-state index in [2.05, 4.69) is 54.7 Å². The Kier molecular flexibility index (Phi) is 3.79. The summed E-state index contributed by atoms with van der Waals surface area (Å²) in [7, 11) is 0. The molecular formula is C14H18N2S. The topological polar surface area (TPSA) is 24.9 Å². The highest BCUT2D eigenvalue weighted by molar-refractivity contribution is 7.10. The van der Waals surface area contributed by atoms with E-state index in [-0.39, 0.29) is 0 Å². The average molecular weight is 246 g/mol. The van der Waals surface area contributed by atoms with Gasteiger partial charge in [-0.15, -0.1) is 11.3 Å². The molecule has 2 heterocycles. The second kappa shape index (κ2) is 5.32. The van der Waals surface area contributed by atoms with Gasteiger partial charge in [-0.3, -0.25) is 0 Å². The predicted molar refractivity (Wildman–Crippen MR) is 74.5 cm³/mol. The molecule has 2 aromatic rings. The summed E-state index contributed by atoms with van der Waals surface area (Å²) in [4.78, 5) is 5.73. The summed E-state index contributed by atoms with van der Waals surface area (Å²) in [6.45, 7) is 6.54. The fourth-order valence-corrected chi connectivity index (χ4v) is 2.76. The number of nitrogens with one attached hydrogen (secondary N) is 1. The Morgan fingerprint density at radius 1 is 1.29 bits per heavy atom. The number of pyridine rings is 1. The third kappa shape index (κ3) is 3.07. The van der Waals surface area contributed by atoms with E-state index >= 15 is 0 Å². The quantitative estimate of drug-likeness (QED) is 0.872. The van der Waals surface area contributed by atoms with E-state index in [0.29, 0.717) is 12.0 Å². The predicted octanol–water partition coefficient (Wildman–Crippen LogP) is 4.26. The number of hydrogen-bond acceptors (Lipinski definition) is 3. The van der Waals surface area contributed by atoms with Gasteiger partial charge in [0, 0.05) is 11.1 Å². The molecule has 0 bridgehead atoms. The summed E-state index contributed by atoms with van der Waals surface area (Å²) >= 11 is 1.79. The molecule has 0 aliphatic rings. The lowest BCUT2D eigenvalue weighted by Crippen LogP contribution is -2.16. The van der Waals surface area contributed by atoms with Gasteiger partial charge in [0.15, 0.2) is 0 Å². The van der Waals surface area contributed by atoms with Crippen LogP contribution < -0.4 is 5.32 Å². The van der Waals surface area contributed by atoms with Crippen LogP contribution in [0.25, 0.3) is 0 Å². The summed E-state index contributed by atoms with van der Waals surface area (Å²) in [5.74, 6) is 1.49. The Morgan fingerprint density at radius 3 is 2.71 bits per heavy atom. The van der Waals surface area contributed by atoms with Crippen molar-refractivity contribution in [1.29, 1.82) is 0 Å². The molecule has 0 fully saturated rings. The minimum absolute atomic E-state index is 0.337. The number of aryl methyl sites for hydroxylation is 1. The summed E-state index contributed by atoms with van der Waals surface area (Å²) in [5.41, 5.74) is 1.23. The molecule has 2 nitrogen and oxygen atoms in total.